The number of halogens is 1. The Kier molecular flexibility index (Phi) is 2.41. The van der Waals surface area contributed by atoms with Gasteiger partial charge in [-0.05, 0) is 12.5 Å². The number of hydrogen-bond acceptors (Lipinski definition) is 1. The van der Waals surface area contributed by atoms with Crippen LogP contribution in [-0.2, 0) is 0 Å². The molecule has 0 aromatic heterocycles. The maximum Gasteiger partial charge on any atom is 0.111 e. The van der Waals surface area contributed by atoms with Gasteiger partial charge in [0, 0.05) is 5.56 Å². The minimum absolute atomic E-state index is 0.443. The molecule has 1 aromatic carbocycles. The second-order valence-corrected chi connectivity index (χ2v) is 3.10. The molecule has 0 aliphatic heterocycles. The molecule has 0 aliphatic carbocycles. The Bertz CT molecular complexity index is 255. The molecule has 0 spiro atoms. The van der Waals surface area contributed by atoms with Crippen molar-refractivity contribution in [2.75, 3.05) is 0 Å². The third-order valence-corrected chi connectivity index (χ3v) is 1.78. The molecule has 52 valence electrons. The van der Waals surface area contributed by atoms with Gasteiger partial charge in [0.2, 0.25) is 0 Å². The lowest BCUT2D eigenvalue weighted by atomic mass is 10.1. The van der Waals surface area contributed by atoms with Gasteiger partial charge in [0.1, 0.15) is 4.32 Å². The zero-order chi connectivity index (χ0) is 7.56. The van der Waals surface area contributed by atoms with Crippen LogP contribution in [0.2, 0.25) is 0 Å². The first-order chi connectivity index (χ1) is 4.72. The molecule has 1 aromatic rings. The summed E-state index contributed by atoms with van der Waals surface area (Å²) in [5.74, 6) is 0. The molecule has 0 atom stereocenters. The molecule has 2 heteroatoms. The average molecular weight is 171 g/mol. The van der Waals surface area contributed by atoms with Crippen molar-refractivity contribution in [2.45, 2.75) is 6.92 Å². The first-order valence-corrected chi connectivity index (χ1v) is 3.76. The SMILES string of the molecule is Cc1ccccc1C(=S)Cl. The predicted octanol–water partition coefficient (Wildman–Crippen LogP) is 2.91. The largest absolute Gasteiger partial charge is 0.111 e. The van der Waals surface area contributed by atoms with Crippen LogP contribution in [0.4, 0.5) is 0 Å². The first-order valence-electron chi connectivity index (χ1n) is 2.97. The first kappa shape index (κ1) is 7.70. The van der Waals surface area contributed by atoms with Crippen molar-refractivity contribution in [1.82, 2.24) is 0 Å². The van der Waals surface area contributed by atoms with E-state index < -0.39 is 0 Å². The highest BCUT2D eigenvalue weighted by molar-refractivity contribution is 7.83. The third kappa shape index (κ3) is 1.55. The normalized spacial score (nSPS) is 9.40. The second-order valence-electron chi connectivity index (χ2n) is 2.09. The Morgan fingerprint density at radius 1 is 1.40 bits per heavy atom. The van der Waals surface area contributed by atoms with E-state index in [2.05, 4.69) is 0 Å². The fraction of sp³-hybridized carbons (Fsp3) is 0.125. The maximum absolute atomic E-state index is 5.64. The molecule has 10 heavy (non-hydrogen) atoms. The van der Waals surface area contributed by atoms with E-state index in [-0.39, 0.29) is 0 Å². The summed E-state index contributed by atoms with van der Waals surface area (Å²) in [6.07, 6.45) is 0. The monoisotopic (exact) mass is 170 g/mol. The van der Waals surface area contributed by atoms with E-state index in [1.165, 1.54) is 0 Å². The van der Waals surface area contributed by atoms with E-state index in [0.717, 1.165) is 11.1 Å². The van der Waals surface area contributed by atoms with Crippen LogP contribution in [0.5, 0.6) is 0 Å². The van der Waals surface area contributed by atoms with Gasteiger partial charge in [0.05, 0.1) is 0 Å². The number of aryl methyl sites for hydroxylation is 1. The molecule has 0 nitrogen and oxygen atoms in total. The number of benzene rings is 1. The van der Waals surface area contributed by atoms with Gasteiger partial charge in [-0.1, -0.05) is 48.1 Å². The summed E-state index contributed by atoms with van der Waals surface area (Å²) in [6.45, 7) is 1.99. The summed E-state index contributed by atoms with van der Waals surface area (Å²) < 4.78 is 0.443. The van der Waals surface area contributed by atoms with Crippen LogP contribution in [0.15, 0.2) is 24.3 Å². The van der Waals surface area contributed by atoms with Crippen molar-refractivity contribution in [3.05, 3.63) is 35.4 Å². The molecular formula is C8H7ClS. The van der Waals surface area contributed by atoms with Crippen molar-refractivity contribution < 1.29 is 0 Å². The van der Waals surface area contributed by atoms with Crippen LogP contribution in [-0.4, -0.2) is 4.32 Å². The lowest BCUT2D eigenvalue weighted by Crippen LogP contribution is -1.89. The summed E-state index contributed by atoms with van der Waals surface area (Å²) in [5, 5.41) is 0. The van der Waals surface area contributed by atoms with Crippen molar-refractivity contribution in [3.8, 4) is 0 Å². The standard InChI is InChI=1S/C8H7ClS/c1-6-4-2-3-5-7(6)8(9)10/h2-5H,1H3. The molecule has 1 rings (SSSR count). The highest BCUT2D eigenvalue weighted by Gasteiger charge is 1.98. The summed E-state index contributed by atoms with van der Waals surface area (Å²) in [5.41, 5.74) is 2.08. The molecule has 0 bridgehead atoms. The van der Waals surface area contributed by atoms with Crippen LogP contribution < -0.4 is 0 Å². The van der Waals surface area contributed by atoms with Crippen molar-refractivity contribution in [1.29, 1.82) is 0 Å². The molecule has 0 saturated carbocycles. The third-order valence-electron chi connectivity index (χ3n) is 1.36. The molecular weight excluding hydrogens is 164 g/mol. The molecule has 0 unspecified atom stereocenters. The lowest BCUT2D eigenvalue weighted by Gasteiger charge is -1.98. The van der Waals surface area contributed by atoms with E-state index in [9.17, 15) is 0 Å². The van der Waals surface area contributed by atoms with Gasteiger partial charge in [-0.3, -0.25) is 0 Å². The summed E-state index contributed by atoms with van der Waals surface area (Å²) in [4.78, 5) is 0. The Morgan fingerprint density at radius 3 is 2.40 bits per heavy atom. The van der Waals surface area contributed by atoms with Gasteiger partial charge >= 0.3 is 0 Å². The highest BCUT2D eigenvalue weighted by atomic mass is 35.5. The van der Waals surface area contributed by atoms with E-state index in [1.54, 1.807) is 0 Å². The smallest absolute Gasteiger partial charge is 0.0709 e. The molecule has 0 N–H and O–H groups in total. The van der Waals surface area contributed by atoms with E-state index >= 15 is 0 Å². The van der Waals surface area contributed by atoms with Crippen LogP contribution in [0.1, 0.15) is 11.1 Å². The highest BCUT2D eigenvalue weighted by Crippen LogP contribution is 2.10. The van der Waals surface area contributed by atoms with Gasteiger partial charge in [-0.15, -0.1) is 0 Å². The van der Waals surface area contributed by atoms with Gasteiger partial charge < -0.3 is 0 Å². The maximum atomic E-state index is 5.64. The Hall–Kier alpha value is -0.400. The Morgan fingerprint density at radius 2 is 2.00 bits per heavy atom. The van der Waals surface area contributed by atoms with Crippen molar-refractivity contribution >= 4 is 28.1 Å². The predicted molar refractivity (Wildman–Crippen MR) is 48.7 cm³/mol. The number of hydrogen-bond donors (Lipinski definition) is 0. The zero-order valence-electron chi connectivity index (χ0n) is 5.60. The minimum Gasteiger partial charge on any atom is -0.0709 e. The minimum atomic E-state index is 0.443. The van der Waals surface area contributed by atoms with Crippen molar-refractivity contribution in [3.63, 3.8) is 0 Å². The quantitative estimate of drug-likeness (QED) is 0.462. The Balaban J connectivity index is 3.15. The summed E-state index contributed by atoms with van der Waals surface area (Å²) in [6, 6.07) is 7.81. The van der Waals surface area contributed by atoms with Gasteiger partial charge in [-0.25, -0.2) is 0 Å². The van der Waals surface area contributed by atoms with Gasteiger partial charge in [0.25, 0.3) is 0 Å². The van der Waals surface area contributed by atoms with Crippen LogP contribution in [0.25, 0.3) is 0 Å². The van der Waals surface area contributed by atoms with Crippen LogP contribution >= 0.6 is 23.8 Å². The van der Waals surface area contributed by atoms with Gasteiger partial charge in [-0.2, -0.15) is 0 Å². The Labute approximate surface area is 70.8 Å². The molecule has 0 aliphatic rings. The summed E-state index contributed by atoms with van der Waals surface area (Å²) in [7, 11) is 0. The average Bonchev–Trinajstić information content (AvgIpc) is 1.88. The zero-order valence-corrected chi connectivity index (χ0v) is 7.17. The van der Waals surface area contributed by atoms with E-state index in [4.69, 9.17) is 23.8 Å². The van der Waals surface area contributed by atoms with E-state index in [1.807, 2.05) is 31.2 Å². The van der Waals surface area contributed by atoms with Crippen LogP contribution in [0, 0.1) is 6.92 Å². The molecule has 0 radical (unpaired) electrons. The topological polar surface area (TPSA) is 0 Å². The van der Waals surface area contributed by atoms with Crippen LogP contribution in [0.3, 0.4) is 0 Å². The second kappa shape index (κ2) is 3.13. The van der Waals surface area contributed by atoms with Gasteiger partial charge in [0.15, 0.2) is 0 Å². The molecule has 0 saturated heterocycles. The summed E-state index contributed by atoms with van der Waals surface area (Å²) >= 11 is 10.5. The molecule has 0 fully saturated rings. The number of rotatable bonds is 1. The lowest BCUT2D eigenvalue weighted by molar-refractivity contribution is 1.46. The fourth-order valence-corrected chi connectivity index (χ4v) is 1.23. The van der Waals surface area contributed by atoms with E-state index in [0.29, 0.717) is 4.32 Å². The fourth-order valence-electron chi connectivity index (χ4n) is 0.793. The number of thiocarbonyl (C=S) groups is 1. The van der Waals surface area contributed by atoms with Crippen molar-refractivity contribution in [2.24, 2.45) is 0 Å². The molecule has 0 heterocycles. The molecule has 0 amide bonds.